The van der Waals surface area contributed by atoms with Crippen molar-refractivity contribution in [3.05, 3.63) is 62.3 Å². The first-order valence-corrected chi connectivity index (χ1v) is 8.03. The monoisotopic (exact) mass is 350 g/mol. The molecule has 0 aromatic heterocycles. The van der Waals surface area contributed by atoms with Crippen LogP contribution in [-0.4, -0.2) is 28.9 Å². The van der Waals surface area contributed by atoms with Crippen molar-refractivity contribution < 1.29 is 24.3 Å². The summed E-state index contributed by atoms with van der Waals surface area (Å²) in [5, 5.41) is 9.39. The molecule has 26 heavy (non-hydrogen) atoms. The van der Waals surface area contributed by atoms with Crippen LogP contribution in [-0.2, 0) is 25.6 Å². The van der Waals surface area contributed by atoms with Crippen molar-refractivity contribution >= 4 is 23.8 Å². The van der Waals surface area contributed by atoms with E-state index in [1.54, 1.807) is 17.8 Å². The van der Waals surface area contributed by atoms with Crippen molar-refractivity contribution in [2.24, 2.45) is 5.92 Å². The Hall–Kier alpha value is -3.22. The van der Waals surface area contributed by atoms with Gasteiger partial charge in [-0.15, -0.1) is 0 Å². The number of carbonyl (C=O) groups is 1. The lowest BCUT2D eigenvalue weighted by molar-refractivity contribution is -0.132. The maximum atomic E-state index is 11.6. The maximum Gasteiger partial charge on any atom is 0.337 e. The third-order valence-electron chi connectivity index (χ3n) is 4.78. The highest BCUT2D eigenvalue weighted by atomic mass is 16.4. The van der Waals surface area contributed by atoms with E-state index < -0.39 is 17.5 Å². The molecule has 1 aromatic rings. The van der Waals surface area contributed by atoms with E-state index in [4.69, 9.17) is 0 Å². The minimum absolute atomic E-state index is 0.0547. The molecule has 0 aliphatic heterocycles. The molecule has 0 spiro atoms. The normalized spacial score (nSPS) is 16.9. The van der Waals surface area contributed by atoms with Crippen LogP contribution in [0.1, 0.15) is 29.2 Å². The van der Waals surface area contributed by atoms with Crippen LogP contribution in [0.2, 0.25) is 0 Å². The van der Waals surface area contributed by atoms with Gasteiger partial charge in [0.1, 0.15) is 17.8 Å². The molecular weight excluding hydrogens is 332 g/mol. The van der Waals surface area contributed by atoms with Crippen LogP contribution in [0, 0.1) is 26.7 Å². The Morgan fingerprint density at radius 1 is 0.962 bits per heavy atom. The van der Waals surface area contributed by atoms with Crippen molar-refractivity contribution in [2.75, 3.05) is 0 Å². The van der Waals surface area contributed by atoms with E-state index >= 15 is 0 Å². The summed E-state index contributed by atoms with van der Waals surface area (Å²) in [4.78, 5) is 46.1. The summed E-state index contributed by atoms with van der Waals surface area (Å²) in [6.07, 6.45) is 0.266. The third-order valence-corrected chi connectivity index (χ3v) is 4.78. The first-order chi connectivity index (χ1) is 12.3. The number of rotatable bonds is 3. The van der Waals surface area contributed by atoms with Crippen LogP contribution in [0.15, 0.2) is 40.0 Å². The molecule has 0 saturated carbocycles. The van der Waals surface area contributed by atoms with Gasteiger partial charge < -0.3 is 5.11 Å². The van der Waals surface area contributed by atoms with Crippen molar-refractivity contribution in [1.82, 2.24) is 0 Å². The van der Waals surface area contributed by atoms with Crippen molar-refractivity contribution in [2.45, 2.75) is 34.1 Å². The maximum absolute atomic E-state index is 11.6. The van der Waals surface area contributed by atoms with Crippen molar-refractivity contribution in [1.29, 1.82) is 0 Å². The summed E-state index contributed by atoms with van der Waals surface area (Å²) < 4.78 is 0. The topological polar surface area (TPSA) is 88.5 Å². The molecular formula is C21H18O5. The van der Waals surface area contributed by atoms with Crippen LogP contribution in [0.3, 0.4) is 0 Å². The van der Waals surface area contributed by atoms with Crippen LogP contribution in [0.25, 0.3) is 0 Å². The summed E-state index contributed by atoms with van der Waals surface area (Å²) >= 11 is 0. The zero-order valence-electron chi connectivity index (χ0n) is 15.0. The molecule has 2 rings (SSSR count). The lowest BCUT2D eigenvalue weighted by Gasteiger charge is -2.27. The largest absolute Gasteiger partial charge is 0.478 e. The summed E-state index contributed by atoms with van der Waals surface area (Å²) in [6.45, 7) is 7.25. The van der Waals surface area contributed by atoms with E-state index in [9.17, 15) is 24.3 Å². The second-order valence-corrected chi connectivity index (χ2v) is 6.45. The van der Waals surface area contributed by atoms with Gasteiger partial charge in [0.15, 0.2) is 0 Å². The van der Waals surface area contributed by atoms with Gasteiger partial charge in [0.05, 0.1) is 16.7 Å². The van der Waals surface area contributed by atoms with Crippen LogP contribution in [0.4, 0.5) is 0 Å². The number of carboxylic acids is 1. The minimum Gasteiger partial charge on any atom is -0.478 e. The molecule has 0 heterocycles. The fraction of sp³-hybridized carbons (Fsp3) is 0.286. The van der Waals surface area contributed by atoms with Gasteiger partial charge in [-0.1, -0.05) is 17.7 Å². The van der Waals surface area contributed by atoms with E-state index in [-0.39, 0.29) is 28.7 Å². The SMILES string of the molecule is CC1=C(C(=O)O)C(=C=O)C(=C=O)C(Cc2c(C)cc(C)cc2C)C1=C=O. The Kier molecular flexibility index (Phi) is 5.40. The van der Waals surface area contributed by atoms with Crippen LogP contribution in [0.5, 0.6) is 0 Å². The summed E-state index contributed by atoms with van der Waals surface area (Å²) in [6, 6.07) is 3.98. The zero-order chi connectivity index (χ0) is 19.6. The van der Waals surface area contributed by atoms with E-state index in [1.807, 2.05) is 32.9 Å². The molecule has 132 valence electrons. The molecule has 0 bridgehead atoms. The molecule has 0 amide bonds. The van der Waals surface area contributed by atoms with Gasteiger partial charge in [0.25, 0.3) is 0 Å². The van der Waals surface area contributed by atoms with E-state index in [0.717, 1.165) is 22.3 Å². The third kappa shape index (κ3) is 3.15. The fourth-order valence-corrected chi connectivity index (χ4v) is 3.62. The number of carboxylic acid groups (broad SMARTS) is 1. The predicted molar refractivity (Wildman–Crippen MR) is 95.8 cm³/mol. The van der Waals surface area contributed by atoms with Gasteiger partial charge in [0, 0.05) is 11.5 Å². The standard InChI is InChI=1S/C21H18O5/c1-11-5-12(2)15(13(3)6-11)7-16-17(8-22)14(4)20(21(25)26)19(10-24)18(16)9-23/h5-6,16H,7H2,1-4H3,(H,25,26). The van der Waals surface area contributed by atoms with Gasteiger partial charge in [0.2, 0.25) is 0 Å². The summed E-state index contributed by atoms with van der Waals surface area (Å²) in [7, 11) is 0. The number of hydrogen-bond donors (Lipinski definition) is 1. The van der Waals surface area contributed by atoms with Gasteiger partial charge in [-0.2, -0.15) is 0 Å². The zero-order valence-corrected chi connectivity index (χ0v) is 15.0. The molecule has 1 atom stereocenters. The molecule has 1 aromatic carbocycles. The molecule has 0 radical (unpaired) electrons. The predicted octanol–water partition coefficient (Wildman–Crippen LogP) is 2.46. The van der Waals surface area contributed by atoms with Gasteiger partial charge >= 0.3 is 5.97 Å². The van der Waals surface area contributed by atoms with Crippen LogP contribution < -0.4 is 0 Å². The highest BCUT2D eigenvalue weighted by Crippen LogP contribution is 2.40. The lowest BCUT2D eigenvalue weighted by Crippen LogP contribution is -2.25. The number of hydrogen-bond acceptors (Lipinski definition) is 4. The molecule has 1 aliphatic rings. The van der Waals surface area contributed by atoms with Gasteiger partial charge in [-0.25, -0.2) is 19.2 Å². The Morgan fingerprint density at radius 3 is 1.92 bits per heavy atom. The van der Waals surface area contributed by atoms with Crippen molar-refractivity contribution in [3.8, 4) is 0 Å². The average molecular weight is 350 g/mol. The highest BCUT2D eigenvalue weighted by Gasteiger charge is 2.38. The smallest absolute Gasteiger partial charge is 0.337 e. The van der Waals surface area contributed by atoms with Crippen LogP contribution >= 0.6 is 0 Å². The van der Waals surface area contributed by atoms with Crippen molar-refractivity contribution in [3.63, 3.8) is 0 Å². The number of allylic oxidation sites excluding steroid dienone is 3. The highest BCUT2D eigenvalue weighted by molar-refractivity contribution is 6.03. The fourth-order valence-electron chi connectivity index (χ4n) is 3.62. The molecule has 0 saturated heterocycles. The number of benzene rings is 1. The summed E-state index contributed by atoms with van der Waals surface area (Å²) in [5.74, 6) is 2.80. The molecule has 5 nitrogen and oxygen atoms in total. The first kappa shape index (κ1) is 19.1. The Bertz CT molecular complexity index is 966. The second-order valence-electron chi connectivity index (χ2n) is 6.45. The lowest BCUT2D eigenvalue weighted by atomic mass is 9.72. The Morgan fingerprint density at radius 2 is 1.50 bits per heavy atom. The number of carbonyl (C=O) groups excluding carboxylic acids is 3. The molecule has 1 aliphatic carbocycles. The molecule has 1 N–H and O–H groups in total. The average Bonchev–Trinajstić information content (AvgIpc) is 2.56. The molecule has 1 unspecified atom stereocenters. The molecule has 0 fully saturated rings. The second kappa shape index (κ2) is 7.35. The van der Waals surface area contributed by atoms with Gasteiger partial charge in [-0.3, -0.25) is 0 Å². The minimum atomic E-state index is -1.40. The van der Waals surface area contributed by atoms with Gasteiger partial charge in [-0.05, 0) is 56.4 Å². The van der Waals surface area contributed by atoms with E-state index in [1.165, 1.54) is 6.92 Å². The first-order valence-electron chi connectivity index (χ1n) is 8.03. The Balaban J connectivity index is 2.73. The number of aliphatic carboxylic acids is 1. The number of aryl methyl sites for hydroxylation is 3. The molecule has 5 heteroatoms. The Labute approximate surface area is 151 Å². The summed E-state index contributed by atoms with van der Waals surface area (Å²) in [5.41, 5.74) is 3.25. The van der Waals surface area contributed by atoms with E-state index in [2.05, 4.69) is 0 Å². The quantitative estimate of drug-likeness (QED) is 0.846. The van der Waals surface area contributed by atoms with E-state index in [0.29, 0.717) is 0 Å².